The van der Waals surface area contributed by atoms with Crippen LogP contribution in [0.1, 0.15) is 67.7 Å². The number of aliphatic imine (C=N–C) groups is 1. The SMILES string of the molecule is C=C(/C=C(/N=CC)C(C)=C(C)C)C(/C=C\C(=C)C(CCC)C(=C)C)=C/CC. The van der Waals surface area contributed by atoms with Crippen LogP contribution in [0.2, 0.25) is 0 Å². The van der Waals surface area contributed by atoms with E-state index in [-0.39, 0.29) is 0 Å². The first kappa shape index (κ1) is 24.8. The lowest BCUT2D eigenvalue weighted by molar-refractivity contribution is 0.640. The van der Waals surface area contributed by atoms with Crippen LogP contribution in [0.5, 0.6) is 0 Å². The quantitative estimate of drug-likeness (QED) is 0.198. The second kappa shape index (κ2) is 13.1. The second-order valence-corrected chi connectivity index (χ2v) is 7.23. The van der Waals surface area contributed by atoms with Gasteiger partial charge in [0.15, 0.2) is 0 Å². The van der Waals surface area contributed by atoms with Crippen molar-refractivity contribution in [2.45, 2.75) is 67.7 Å². The first-order valence-corrected chi connectivity index (χ1v) is 9.95. The van der Waals surface area contributed by atoms with E-state index >= 15 is 0 Å². The highest BCUT2D eigenvalue weighted by Gasteiger charge is 2.10. The predicted molar refractivity (Wildman–Crippen MR) is 125 cm³/mol. The summed E-state index contributed by atoms with van der Waals surface area (Å²) in [5.41, 5.74) is 7.76. The third kappa shape index (κ3) is 8.86. The average molecular weight is 366 g/mol. The Morgan fingerprint density at radius 2 is 1.63 bits per heavy atom. The molecule has 0 aromatic rings. The minimum Gasteiger partial charge on any atom is -0.261 e. The molecule has 1 heteroatoms. The standard InChI is InChI=1S/C26H39N/c1-11-14-24(17-16-21(8)25(15-12-2)20(6)7)22(9)18-26(27-13-3)23(10)19(4)5/h13-14,16-18,25H,6,8-9,11-12,15H2,1-5,7,10H3/b17-16-,24-14+,26-18+,27-13?. The molecule has 0 aliphatic carbocycles. The van der Waals surface area contributed by atoms with Crippen molar-refractivity contribution in [3.8, 4) is 0 Å². The molecule has 0 radical (unpaired) electrons. The van der Waals surface area contributed by atoms with Gasteiger partial charge >= 0.3 is 0 Å². The first-order chi connectivity index (χ1) is 12.7. The molecule has 0 amide bonds. The highest BCUT2D eigenvalue weighted by Crippen LogP contribution is 2.26. The maximum atomic E-state index is 4.54. The molecule has 0 saturated heterocycles. The van der Waals surface area contributed by atoms with E-state index in [2.05, 4.69) is 90.6 Å². The molecule has 0 aliphatic rings. The summed E-state index contributed by atoms with van der Waals surface area (Å²) in [5.74, 6) is 0.339. The zero-order chi connectivity index (χ0) is 21.0. The van der Waals surface area contributed by atoms with Crippen LogP contribution in [0.15, 0.2) is 88.2 Å². The van der Waals surface area contributed by atoms with Crippen LogP contribution >= 0.6 is 0 Å². The maximum Gasteiger partial charge on any atom is 0.0660 e. The van der Waals surface area contributed by atoms with Crippen LogP contribution in [0, 0.1) is 5.92 Å². The van der Waals surface area contributed by atoms with Gasteiger partial charge in [-0.25, -0.2) is 0 Å². The molecule has 148 valence electrons. The van der Waals surface area contributed by atoms with Gasteiger partial charge in [-0.1, -0.05) is 69.4 Å². The summed E-state index contributed by atoms with van der Waals surface area (Å²) < 4.78 is 0. The largest absolute Gasteiger partial charge is 0.261 e. The number of hydrogen-bond acceptors (Lipinski definition) is 1. The Morgan fingerprint density at radius 1 is 1.00 bits per heavy atom. The zero-order valence-electron chi connectivity index (χ0n) is 18.7. The molecular formula is C26H39N. The molecule has 0 aromatic carbocycles. The molecule has 0 spiro atoms. The van der Waals surface area contributed by atoms with Gasteiger partial charge in [-0.15, -0.1) is 0 Å². The Morgan fingerprint density at radius 3 is 2.07 bits per heavy atom. The van der Waals surface area contributed by atoms with Gasteiger partial charge in [0.2, 0.25) is 0 Å². The normalized spacial score (nSPS) is 13.9. The van der Waals surface area contributed by atoms with Gasteiger partial charge in [-0.3, -0.25) is 4.99 Å². The van der Waals surface area contributed by atoms with E-state index in [1.54, 1.807) is 0 Å². The molecule has 0 fully saturated rings. The van der Waals surface area contributed by atoms with Crippen molar-refractivity contribution in [3.05, 3.63) is 83.2 Å². The van der Waals surface area contributed by atoms with E-state index < -0.39 is 0 Å². The lowest BCUT2D eigenvalue weighted by Crippen LogP contribution is -2.02. The molecular weight excluding hydrogens is 326 g/mol. The van der Waals surface area contributed by atoms with Crippen LogP contribution in [-0.4, -0.2) is 6.21 Å². The Labute approximate surface area is 168 Å². The fourth-order valence-corrected chi connectivity index (χ4v) is 2.76. The van der Waals surface area contributed by atoms with Gasteiger partial charge in [-0.05, 0) is 75.8 Å². The van der Waals surface area contributed by atoms with Gasteiger partial charge < -0.3 is 0 Å². The number of nitrogens with zero attached hydrogens (tertiary/aromatic N) is 1. The average Bonchev–Trinajstić information content (AvgIpc) is 2.61. The number of rotatable bonds is 11. The molecule has 0 aliphatic heterocycles. The third-order valence-corrected chi connectivity index (χ3v) is 4.60. The van der Waals surface area contributed by atoms with Crippen LogP contribution in [0.3, 0.4) is 0 Å². The Kier molecular flexibility index (Phi) is 12.0. The van der Waals surface area contributed by atoms with E-state index in [0.29, 0.717) is 5.92 Å². The van der Waals surface area contributed by atoms with Crippen LogP contribution in [0.25, 0.3) is 0 Å². The summed E-state index contributed by atoms with van der Waals surface area (Å²) in [5, 5.41) is 0. The lowest BCUT2D eigenvalue weighted by Gasteiger charge is -2.17. The fraction of sp³-hybridized carbons (Fsp3) is 0.423. The maximum absolute atomic E-state index is 4.54. The van der Waals surface area contributed by atoms with Gasteiger partial charge in [0, 0.05) is 12.1 Å². The van der Waals surface area contributed by atoms with Crippen LogP contribution in [0.4, 0.5) is 0 Å². The van der Waals surface area contributed by atoms with Gasteiger partial charge in [-0.2, -0.15) is 0 Å². The van der Waals surface area contributed by atoms with Crippen molar-refractivity contribution in [3.63, 3.8) is 0 Å². The topological polar surface area (TPSA) is 12.4 Å². The van der Waals surface area contributed by atoms with E-state index in [1.165, 1.54) is 16.7 Å². The third-order valence-electron chi connectivity index (χ3n) is 4.60. The van der Waals surface area contributed by atoms with Crippen molar-refractivity contribution < 1.29 is 0 Å². The first-order valence-electron chi connectivity index (χ1n) is 9.95. The predicted octanol–water partition coefficient (Wildman–Crippen LogP) is 8.31. The van der Waals surface area contributed by atoms with Crippen molar-refractivity contribution in [1.29, 1.82) is 0 Å². The highest BCUT2D eigenvalue weighted by atomic mass is 14.7. The summed E-state index contributed by atoms with van der Waals surface area (Å²) >= 11 is 0. The summed E-state index contributed by atoms with van der Waals surface area (Å²) in [4.78, 5) is 4.54. The summed E-state index contributed by atoms with van der Waals surface area (Å²) in [6, 6.07) is 0. The highest BCUT2D eigenvalue weighted by molar-refractivity contribution is 5.59. The van der Waals surface area contributed by atoms with E-state index in [1.807, 2.05) is 13.1 Å². The molecule has 0 aromatic heterocycles. The molecule has 1 atom stereocenters. The fourth-order valence-electron chi connectivity index (χ4n) is 2.76. The van der Waals surface area contributed by atoms with Crippen molar-refractivity contribution in [1.82, 2.24) is 0 Å². The Balaban J connectivity index is 5.73. The van der Waals surface area contributed by atoms with E-state index in [4.69, 9.17) is 0 Å². The zero-order valence-corrected chi connectivity index (χ0v) is 18.7. The molecule has 0 bridgehead atoms. The smallest absolute Gasteiger partial charge is 0.0660 e. The molecule has 1 nitrogen and oxygen atoms in total. The Bertz CT molecular complexity index is 686. The molecule has 27 heavy (non-hydrogen) atoms. The monoisotopic (exact) mass is 365 g/mol. The lowest BCUT2D eigenvalue weighted by atomic mass is 9.88. The summed E-state index contributed by atoms with van der Waals surface area (Å²) in [7, 11) is 0. The van der Waals surface area contributed by atoms with E-state index in [0.717, 1.165) is 41.7 Å². The van der Waals surface area contributed by atoms with Crippen molar-refractivity contribution >= 4 is 6.21 Å². The number of hydrogen-bond donors (Lipinski definition) is 0. The van der Waals surface area contributed by atoms with Gasteiger partial charge in [0.25, 0.3) is 0 Å². The molecule has 0 saturated carbocycles. The van der Waals surface area contributed by atoms with Gasteiger partial charge in [0.1, 0.15) is 0 Å². The van der Waals surface area contributed by atoms with Crippen molar-refractivity contribution in [2.24, 2.45) is 10.9 Å². The van der Waals surface area contributed by atoms with Crippen LogP contribution in [-0.2, 0) is 0 Å². The van der Waals surface area contributed by atoms with Crippen molar-refractivity contribution in [2.75, 3.05) is 0 Å². The van der Waals surface area contributed by atoms with Crippen LogP contribution < -0.4 is 0 Å². The molecule has 0 N–H and O–H groups in total. The van der Waals surface area contributed by atoms with E-state index in [9.17, 15) is 0 Å². The Hall–Kier alpha value is -2.15. The minimum atomic E-state index is 0.339. The van der Waals surface area contributed by atoms with Gasteiger partial charge in [0.05, 0.1) is 5.70 Å². The molecule has 1 unspecified atom stereocenters. The summed E-state index contributed by atoms with van der Waals surface area (Å²) in [6.45, 7) is 27.4. The second-order valence-electron chi connectivity index (χ2n) is 7.23. The molecule has 0 heterocycles. The number of allylic oxidation sites excluding steroid dienone is 10. The summed E-state index contributed by atoms with van der Waals surface area (Å²) in [6.07, 6.45) is 13.5. The molecule has 0 rings (SSSR count). The minimum absolute atomic E-state index is 0.339.